The van der Waals surface area contributed by atoms with Gasteiger partial charge in [0.1, 0.15) is 23.4 Å². The Morgan fingerprint density at radius 1 is 1.15 bits per heavy atom. The molecule has 0 aliphatic rings. The number of rotatable bonds is 4. The summed E-state index contributed by atoms with van der Waals surface area (Å²) in [6.45, 7) is 0. The summed E-state index contributed by atoms with van der Waals surface area (Å²) in [5, 5.41) is 12.0. The van der Waals surface area contributed by atoms with E-state index < -0.39 is 0 Å². The lowest BCUT2D eigenvalue weighted by Gasteiger charge is -2.10. The van der Waals surface area contributed by atoms with Gasteiger partial charge in [-0.2, -0.15) is 5.26 Å². The first-order valence-electron chi connectivity index (χ1n) is 5.83. The second-order valence-electron chi connectivity index (χ2n) is 3.97. The van der Waals surface area contributed by atoms with Crippen molar-refractivity contribution in [2.24, 2.45) is 0 Å². The zero-order chi connectivity index (χ0) is 14.5. The fourth-order valence-electron chi connectivity index (χ4n) is 1.66. The van der Waals surface area contributed by atoms with E-state index in [1.165, 1.54) is 0 Å². The number of nitrogens with zero attached hydrogens (tertiary/aromatic N) is 2. The summed E-state index contributed by atoms with van der Waals surface area (Å²) in [6, 6.07) is 10.6. The number of nitriles is 1. The molecule has 1 aromatic heterocycles. The Bertz CT molecular complexity index is 642. The smallest absolute Gasteiger partial charge is 0.165 e. The van der Waals surface area contributed by atoms with Crippen LogP contribution in [-0.2, 0) is 0 Å². The molecule has 102 valence electrons. The van der Waals surface area contributed by atoms with Crippen molar-refractivity contribution >= 4 is 17.2 Å². The number of aromatic nitrogens is 1. The van der Waals surface area contributed by atoms with Gasteiger partial charge in [0.25, 0.3) is 0 Å². The maximum absolute atomic E-state index is 8.91. The highest BCUT2D eigenvalue weighted by molar-refractivity contribution is 5.63. The molecule has 0 spiro atoms. The van der Waals surface area contributed by atoms with E-state index in [0.29, 0.717) is 23.0 Å². The predicted octanol–water partition coefficient (Wildman–Crippen LogP) is 2.30. The summed E-state index contributed by atoms with van der Waals surface area (Å²) >= 11 is 0. The molecule has 0 fully saturated rings. The SMILES string of the molecule is COc1cc(Nc2ccc(N)c(C#N)n2)cc(OC)c1. The summed E-state index contributed by atoms with van der Waals surface area (Å²) in [5.74, 6) is 1.83. The van der Waals surface area contributed by atoms with E-state index in [-0.39, 0.29) is 5.69 Å². The second-order valence-corrected chi connectivity index (χ2v) is 3.97. The van der Waals surface area contributed by atoms with Gasteiger partial charge in [-0.25, -0.2) is 4.98 Å². The Kier molecular flexibility index (Phi) is 3.91. The van der Waals surface area contributed by atoms with Crippen LogP contribution in [0.4, 0.5) is 17.2 Å². The van der Waals surface area contributed by atoms with Gasteiger partial charge in [0, 0.05) is 23.9 Å². The Balaban J connectivity index is 2.32. The summed E-state index contributed by atoms with van der Waals surface area (Å²) in [5.41, 5.74) is 6.90. The molecule has 2 rings (SSSR count). The molecular weight excluding hydrogens is 256 g/mol. The first kappa shape index (κ1) is 13.5. The molecule has 1 aromatic carbocycles. The van der Waals surface area contributed by atoms with Crippen LogP contribution >= 0.6 is 0 Å². The van der Waals surface area contributed by atoms with Crippen molar-refractivity contribution in [3.63, 3.8) is 0 Å². The molecule has 0 aliphatic heterocycles. The number of pyridine rings is 1. The Morgan fingerprint density at radius 3 is 2.35 bits per heavy atom. The van der Waals surface area contributed by atoms with Gasteiger partial charge < -0.3 is 20.5 Å². The number of nitrogens with two attached hydrogens (primary N) is 1. The van der Waals surface area contributed by atoms with E-state index in [1.807, 2.05) is 6.07 Å². The molecule has 1 heterocycles. The van der Waals surface area contributed by atoms with Crippen molar-refractivity contribution in [2.75, 3.05) is 25.3 Å². The van der Waals surface area contributed by atoms with Crippen molar-refractivity contribution in [3.05, 3.63) is 36.0 Å². The van der Waals surface area contributed by atoms with Gasteiger partial charge in [-0.15, -0.1) is 0 Å². The normalized spacial score (nSPS) is 9.65. The molecule has 0 amide bonds. The van der Waals surface area contributed by atoms with Crippen LogP contribution < -0.4 is 20.5 Å². The first-order chi connectivity index (χ1) is 9.66. The maximum Gasteiger partial charge on any atom is 0.165 e. The van der Waals surface area contributed by atoms with Gasteiger partial charge in [0.15, 0.2) is 5.69 Å². The number of nitrogens with one attached hydrogen (secondary N) is 1. The van der Waals surface area contributed by atoms with Crippen molar-refractivity contribution < 1.29 is 9.47 Å². The zero-order valence-electron chi connectivity index (χ0n) is 11.2. The van der Waals surface area contributed by atoms with Gasteiger partial charge in [0.2, 0.25) is 0 Å². The van der Waals surface area contributed by atoms with Crippen molar-refractivity contribution in [1.29, 1.82) is 5.26 Å². The third kappa shape index (κ3) is 2.90. The highest BCUT2D eigenvalue weighted by Gasteiger charge is 2.05. The van der Waals surface area contributed by atoms with E-state index in [2.05, 4.69) is 10.3 Å². The number of ether oxygens (including phenoxy) is 2. The molecule has 0 saturated carbocycles. The summed E-state index contributed by atoms with van der Waals surface area (Å²) in [4.78, 5) is 4.12. The van der Waals surface area contributed by atoms with Crippen molar-refractivity contribution in [2.45, 2.75) is 0 Å². The van der Waals surface area contributed by atoms with E-state index in [9.17, 15) is 0 Å². The molecule has 0 radical (unpaired) electrons. The van der Waals surface area contributed by atoms with Crippen LogP contribution in [-0.4, -0.2) is 19.2 Å². The quantitative estimate of drug-likeness (QED) is 0.885. The first-order valence-corrected chi connectivity index (χ1v) is 5.83. The van der Waals surface area contributed by atoms with Crippen molar-refractivity contribution in [1.82, 2.24) is 4.98 Å². The highest BCUT2D eigenvalue weighted by atomic mass is 16.5. The Hall–Kier alpha value is -2.94. The monoisotopic (exact) mass is 270 g/mol. The van der Waals surface area contributed by atoms with E-state index >= 15 is 0 Å². The molecule has 20 heavy (non-hydrogen) atoms. The third-order valence-electron chi connectivity index (χ3n) is 2.66. The van der Waals surface area contributed by atoms with Crippen LogP contribution in [0.3, 0.4) is 0 Å². The van der Waals surface area contributed by atoms with Gasteiger partial charge in [-0.1, -0.05) is 0 Å². The topological polar surface area (TPSA) is 93.2 Å². The number of hydrogen-bond donors (Lipinski definition) is 2. The molecule has 6 nitrogen and oxygen atoms in total. The molecule has 0 bridgehead atoms. The fourth-order valence-corrected chi connectivity index (χ4v) is 1.66. The highest BCUT2D eigenvalue weighted by Crippen LogP contribution is 2.27. The second kappa shape index (κ2) is 5.80. The van der Waals surface area contributed by atoms with Crippen LogP contribution in [0.15, 0.2) is 30.3 Å². The van der Waals surface area contributed by atoms with Gasteiger partial charge in [-0.3, -0.25) is 0 Å². The van der Waals surface area contributed by atoms with Gasteiger partial charge in [-0.05, 0) is 12.1 Å². The number of anilines is 3. The van der Waals surface area contributed by atoms with Crippen LogP contribution in [0.1, 0.15) is 5.69 Å². The number of benzene rings is 1. The summed E-state index contributed by atoms with van der Waals surface area (Å²) < 4.78 is 10.4. The lowest BCUT2D eigenvalue weighted by molar-refractivity contribution is 0.395. The lowest BCUT2D eigenvalue weighted by Crippen LogP contribution is -1.99. The van der Waals surface area contributed by atoms with Crippen molar-refractivity contribution in [3.8, 4) is 17.6 Å². The molecule has 0 atom stereocenters. The molecule has 2 aromatic rings. The summed E-state index contributed by atoms with van der Waals surface area (Å²) in [7, 11) is 3.15. The largest absolute Gasteiger partial charge is 0.497 e. The molecule has 0 unspecified atom stereocenters. The number of nitrogen functional groups attached to an aromatic ring is 1. The Labute approximate surface area is 116 Å². The standard InChI is InChI=1S/C14H14N4O2/c1-19-10-5-9(6-11(7-10)20-2)17-14-4-3-12(16)13(8-15)18-14/h3-7H,16H2,1-2H3,(H,17,18). The average Bonchev–Trinajstić information content (AvgIpc) is 2.48. The molecule has 3 N–H and O–H groups in total. The predicted molar refractivity (Wildman–Crippen MR) is 76.2 cm³/mol. The molecule has 0 saturated heterocycles. The van der Waals surface area contributed by atoms with Crippen LogP contribution in [0.2, 0.25) is 0 Å². The minimum absolute atomic E-state index is 0.185. The number of methoxy groups -OCH3 is 2. The lowest BCUT2D eigenvalue weighted by atomic mass is 10.2. The Morgan fingerprint density at radius 2 is 1.80 bits per heavy atom. The van der Waals surface area contributed by atoms with Gasteiger partial charge in [0.05, 0.1) is 19.9 Å². The molecule has 6 heteroatoms. The van der Waals surface area contributed by atoms with Gasteiger partial charge >= 0.3 is 0 Å². The minimum Gasteiger partial charge on any atom is -0.497 e. The van der Waals surface area contributed by atoms with Crippen LogP contribution in [0, 0.1) is 11.3 Å². The van der Waals surface area contributed by atoms with E-state index in [4.69, 9.17) is 20.5 Å². The van der Waals surface area contributed by atoms with Crippen LogP contribution in [0.25, 0.3) is 0 Å². The minimum atomic E-state index is 0.185. The zero-order valence-corrected chi connectivity index (χ0v) is 11.2. The summed E-state index contributed by atoms with van der Waals surface area (Å²) in [6.07, 6.45) is 0. The molecular formula is C14H14N4O2. The fraction of sp³-hybridized carbons (Fsp3) is 0.143. The average molecular weight is 270 g/mol. The third-order valence-corrected chi connectivity index (χ3v) is 2.66. The molecule has 0 aliphatic carbocycles. The number of hydrogen-bond acceptors (Lipinski definition) is 6. The van der Waals surface area contributed by atoms with E-state index in [1.54, 1.807) is 44.6 Å². The maximum atomic E-state index is 8.91. The van der Waals surface area contributed by atoms with Crippen LogP contribution in [0.5, 0.6) is 11.5 Å². The van der Waals surface area contributed by atoms with E-state index in [0.717, 1.165) is 5.69 Å².